The van der Waals surface area contributed by atoms with Crippen LogP contribution in [0.25, 0.3) is 0 Å². The van der Waals surface area contributed by atoms with Gasteiger partial charge in [-0.05, 0) is 37.3 Å². The van der Waals surface area contributed by atoms with Gasteiger partial charge in [0.25, 0.3) is 11.8 Å². The van der Waals surface area contributed by atoms with E-state index in [1.165, 1.54) is 6.07 Å². The van der Waals surface area contributed by atoms with Gasteiger partial charge in [-0.2, -0.15) is 0 Å². The highest BCUT2D eigenvalue weighted by Gasteiger charge is 2.27. The van der Waals surface area contributed by atoms with Crippen molar-refractivity contribution in [2.24, 2.45) is 0 Å². The van der Waals surface area contributed by atoms with Gasteiger partial charge in [0.2, 0.25) is 0 Å². The van der Waals surface area contributed by atoms with Crippen LogP contribution in [0.1, 0.15) is 27.6 Å². The highest BCUT2D eigenvalue weighted by Crippen LogP contribution is 2.24. The fraction of sp³-hybridized carbons (Fsp3) is 0.286. The molecule has 1 saturated heterocycles. The third-order valence-corrected chi connectivity index (χ3v) is 5.24. The van der Waals surface area contributed by atoms with Gasteiger partial charge in [-0.3, -0.25) is 9.59 Å². The molecule has 7 nitrogen and oxygen atoms in total. The van der Waals surface area contributed by atoms with Crippen LogP contribution >= 0.6 is 23.2 Å². The summed E-state index contributed by atoms with van der Waals surface area (Å²) in [6, 6.07) is 11.4. The standard InChI is InChI=1S/C21H21Cl2N3O4/c1-2-30-21(29)26-11-9-25(10-12-26)20(28)15-5-3-4-6-18(15)24-19(27)16-13-14(22)7-8-17(16)23/h3-8,13H,2,9-12H2,1H3,(H,24,27). The van der Waals surface area contributed by atoms with Gasteiger partial charge in [-0.1, -0.05) is 35.3 Å². The average Bonchev–Trinajstić information content (AvgIpc) is 2.75. The molecule has 0 aromatic heterocycles. The number of hydrogen-bond donors (Lipinski definition) is 1. The van der Waals surface area contributed by atoms with Crippen LogP contribution in [-0.4, -0.2) is 60.5 Å². The van der Waals surface area contributed by atoms with Crippen molar-refractivity contribution in [1.82, 2.24) is 9.80 Å². The summed E-state index contributed by atoms with van der Waals surface area (Å²) in [5.74, 6) is -0.693. The molecule has 9 heteroatoms. The molecule has 2 aromatic rings. The summed E-state index contributed by atoms with van der Waals surface area (Å²) < 4.78 is 5.00. The molecule has 1 N–H and O–H groups in total. The third-order valence-electron chi connectivity index (χ3n) is 4.67. The van der Waals surface area contributed by atoms with E-state index in [-0.39, 0.29) is 22.6 Å². The Labute approximate surface area is 184 Å². The Morgan fingerprint density at radius 2 is 1.63 bits per heavy atom. The second-order valence-electron chi connectivity index (χ2n) is 6.60. The van der Waals surface area contributed by atoms with Crippen molar-refractivity contribution < 1.29 is 19.1 Å². The fourth-order valence-corrected chi connectivity index (χ4v) is 3.49. The first-order chi connectivity index (χ1) is 14.4. The highest BCUT2D eigenvalue weighted by atomic mass is 35.5. The minimum absolute atomic E-state index is 0.217. The quantitative estimate of drug-likeness (QED) is 0.759. The molecule has 3 amide bonds. The summed E-state index contributed by atoms with van der Waals surface area (Å²) in [6.07, 6.45) is -0.379. The number of anilines is 1. The smallest absolute Gasteiger partial charge is 0.409 e. The minimum atomic E-state index is -0.463. The van der Waals surface area contributed by atoms with E-state index in [1.807, 2.05) is 0 Å². The van der Waals surface area contributed by atoms with Crippen molar-refractivity contribution in [3.8, 4) is 0 Å². The monoisotopic (exact) mass is 449 g/mol. The molecule has 1 aliphatic heterocycles. The molecule has 0 radical (unpaired) electrons. The molecule has 30 heavy (non-hydrogen) atoms. The van der Waals surface area contributed by atoms with Crippen molar-refractivity contribution in [2.45, 2.75) is 6.92 Å². The number of ether oxygens (including phenoxy) is 1. The molecule has 0 spiro atoms. The van der Waals surface area contributed by atoms with Gasteiger partial charge >= 0.3 is 6.09 Å². The van der Waals surface area contributed by atoms with E-state index >= 15 is 0 Å². The molecule has 0 aliphatic carbocycles. The maximum absolute atomic E-state index is 13.1. The molecule has 0 saturated carbocycles. The molecule has 158 valence electrons. The van der Waals surface area contributed by atoms with E-state index in [9.17, 15) is 14.4 Å². The predicted octanol–water partition coefficient (Wildman–Crippen LogP) is 4.16. The molecule has 2 aromatic carbocycles. The van der Waals surface area contributed by atoms with Crippen LogP contribution in [0.2, 0.25) is 10.0 Å². The SMILES string of the molecule is CCOC(=O)N1CCN(C(=O)c2ccccc2NC(=O)c2cc(Cl)ccc2Cl)CC1. The van der Waals surface area contributed by atoms with E-state index < -0.39 is 5.91 Å². The average molecular weight is 450 g/mol. The molecule has 0 atom stereocenters. The molecule has 1 aliphatic rings. The summed E-state index contributed by atoms with van der Waals surface area (Å²) in [4.78, 5) is 40.8. The van der Waals surface area contributed by atoms with Crippen molar-refractivity contribution >= 4 is 46.8 Å². The summed E-state index contributed by atoms with van der Waals surface area (Å²) in [5, 5.41) is 3.39. The number of nitrogens with one attached hydrogen (secondary N) is 1. The Balaban J connectivity index is 1.72. The van der Waals surface area contributed by atoms with Gasteiger partial charge in [-0.15, -0.1) is 0 Å². The van der Waals surface area contributed by atoms with Crippen molar-refractivity contribution in [1.29, 1.82) is 0 Å². The van der Waals surface area contributed by atoms with E-state index in [0.717, 1.165) is 0 Å². The number of rotatable bonds is 4. The van der Waals surface area contributed by atoms with Gasteiger partial charge < -0.3 is 19.9 Å². The van der Waals surface area contributed by atoms with Crippen LogP contribution in [0.4, 0.5) is 10.5 Å². The Kier molecular flexibility index (Phi) is 7.18. The zero-order chi connectivity index (χ0) is 21.7. The number of para-hydroxylation sites is 1. The molecule has 0 bridgehead atoms. The lowest BCUT2D eigenvalue weighted by atomic mass is 10.1. The van der Waals surface area contributed by atoms with Crippen molar-refractivity contribution in [2.75, 3.05) is 38.1 Å². The topological polar surface area (TPSA) is 79.0 Å². The van der Waals surface area contributed by atoms with E-state index in [4.69, 9.17) is 27.9 Å². The number of carbonyl (C=O) groups is 3. The van der Waals surface area contributed by atoms with Crippen molar-refractivity contribution in [3.63, 3.8) is 0 Å². The zero-order valence-electron chi connectivity index (χ0n) is 16.4. The largest absolute Gasteiger partial charge is 0.450 e. The van der Waals surface area contributed by atoms with Crippen LogP contribution in [0.15, 0.2) is 42.5 Å². The van der Waals surface area contributed by atoms with E-state index in [2.05, 4.69) is 5.32 Å². The second kappa shape index (κ2) is 9.82. The fourth-order valence-electron chi connectivity index (χ4n) is 3.12. The molecule has 3 rings (SSSR count). The minimum Gasteiger partial charge on any atom is -0.450 e. The third kappa shape index (κ3) is 5.04. The first kappa shape index (κ1) is 21.9. The Bertz CT molecular complexity index is 959. The van der Waals surface area contributed by atoms with Crippen LogP contribution < -0.4 is 5.32 Å². The number of halogens is 2. The maximum Gasteiger partial charge on any atom is 0.409 e. The molecule has 1 fully saturated rings. The van der Waals surface area contributed by atoms with Gasteiger partial charge in [0.05, 0.1) is 28.4 Å². The van der Waals surface area contributed by atoms with Crippen molar-refractivity contribution in [3.05, 3.63) is 63.6 Å². The summed E-state index contributed by atoms with van der Waals surface area (Å²) in [6.45, 7) is 3.58. The van der Waals surface area contributed by atoms with Gasteiger partial charge in [0.15, 0.2) is 0 Å². The number of amides is 3. The second-order valence-corrected chi connectivity index (χ2v) is 7.45. The summed E-state index contributed by atoms with van der Waals surface area (Å²) in [5.41, 5.74) is 0.944. The molecular formula is C21H21Cl2N3O4. The highest BCUT2D eigenvalue weighted by molar-refractivity contribution is 6.36. The number of hydrogen-bond acceptors (Lipinski definition) is 4. The number of carbonyl (C=O) groups excluding carboxylic acids is 3. The number of nitrogens with zero attached hydrogens (tertiary/aromatic N) is 2. The first-order valence-corrected chi connectivity index (χ1v) is 10.2. The lowest BCUT2D eigenvalue weighted by Gasteiger charge is -2.34. The van der Waals surface area contributed by atoms with E-state index in [1.54, 1.807) is 53.1 Å². The lowest BCUT2D eigenvalue weighted by Crippen LogP contribution is -2.50. The summed E-state index contributed by atoms with van der Waals surface area (Å²) in [7, 11) is 0. The Hall–Kier alpha value is -2.77. The van der Waals surface area contributed by atoms with Crippen LogP contribution in [0, 0.1) is 0 Å². The molecule has 0 unspecified atom stereocenters. The Morgan fingerprint density at radius 3 is 2.33 bits per heavy atom. The van der Waals surface area contributed by atoms with Gasteiger partial charge in [-0.25, -0.2) is 4.79 Å². The van der Waals surface area contributed by atoms with Crippen LogP contribution in [0.3, 0.4) is 0 Å². The Morgan fingerprint density at radius 1 is 0.967 bits per heavy atom. The molecule has 1 heterocycles. The maximum atomic E-state index is 13.1. The zero-order valence-corrected chi connectivity index (χ0v) is 17.9. The van der Waals surface area contributed by atoms with Crippen LogP contribution in [0.5, 0.6) is 0 Å². The van der Waals surface area contributed by atoms with Gasteiger partial charge in [0, 0.05) is 31.2 Å². The number of piperazine rings is 1. The normalized spacial score (nSPS) is 13.7. The predicted molar refractivity (Wildman–Crippen MR) is 115 cm³/mol. The van der Waals surface area contributed by atoms with Crippen LogP contribution in [-0.2, 0) is 4.74 Å². The molecular weight excluding hydrogens is 429 g/mol. The van der Waals surface area contributed by atoms with E-state index in [0.29, 0.717) is 49.1 Å². The summed E-state index contributed by atoms with van der Waals surface area (Å²) >= 11 is 12.1. The number of benzene rings is 2. The lowest BCUT2D eigenvalue weighted by molar-refractivity contribution is 0.0571. The van der Waals surface area contributed by atoms with Gasteiger partial charge in [0.1, 0.15) is 0 Å². The first-order valence-electron chi connectivity index (χ1n) is 9.47.